The summed E-state index contributed by atoms with van der Waals surface area (Å²) in [5.74, 6) is 0.798. The van der Waals surface area contributed by atoms with E-state index in [1.54, 1.807) is 0 Å². The molecule has 3 N–H and O–H groups in total. The van der Waals surface area contributed by atoms with Crippen LogP contribution in [-0.2, 0) is 65.4 Å². The van der Waals surface area contributed by atoms with Gasteiger partial charge in [-0.2, -0.15) is 0 Å². The summed E-state index contributed by atoms with van der Waals surface area (Å²) in [7, 11) is -9.90. The van der Waals surface area contributed by atoms with Crippen LogP contribution in [-0.4, -0.2) is 96.7 Å². The van der Waals surface area contributed by atoms with E-state index in [1.807, 2.05) is 0 Å². The molecule has 0 aliphatic carbocycles. The van der Waals surface area contributed by atoms with Crippen LogP contribution in [0, 0.1) is 23.7 Å². The minimum Gasteiger partial charge on any atom is -0.462 e. The normalized spacial score (nSPS) is 14.3. The molecular formula is C68H132O17P2. The first-order valence-electron chi connectivity index (χ1n) is 35.2. The Morgan fingerprint density at radius 2 is 0.483 bits per heavy atom. The first kappa shape index (κ1) is 85.1. The van der Waals surface area contributed by atoms with Crippen molar-refractivity contribution >= 4 is 39.5 Å². The molecule has 3 unspecified atom stereocenters. The molecular weight excluding hydrogens is 1150 g/mol. The van der Waals surface area contributed by atoms with Gasteiger partial charge in [-0.05, 0) is 49.4 Å². The molecule has 0 aliphatic heterocycles. The molecule has 0 aromatic rings. The number of aliphatic hydroxyl groups is 1. The molecule has 19 heteroatoms. The van der Waals surface area contributed by atoms with Gasteiger partial charge in [0.1, 0.15) is 19.3 Å². The van der Waals surface area contributed by atoms with E-state index in [-0.39, 0.29) is 25.7 Å². The van der Waals surface area contributed by atoms with Crippen molar-refractivity contribution in [2.24, 2.45) is 23.7 Å². The molecule has 0 fully saturated rings. The summed E-state index contributed by atoms with van der Waals surface area (Å²) in [6.45, 7) is 14.0. The quantitative estimate of drug-likeness (QED) is 0.0222. The fourth-order valence-electron chi connectivity index (χ4n) is 10.1. The monoisotopic (exact) mass is 1280 g/mol. The van der Waals surface area contributed by atoms with Crippen molar-refractivity contribution in [2.75, 3.05) is 39.6 Å². The van der Waals surface area contributed by atoms with E-state index in [0.717, 1.165) is 114 Å². The van der Waals surface area contributed by atoms with Gasteiger partial charge in [0.15, 0.2) is 12.2 Å². The van der Waals surface area contributed by atoms with Crippen molar-refractivity contribution in [1.29, 1.82) is 0 Å². The van der Waals surface area contributed by atoms with Crippen LogP contribution in [0.4, 0.5) is 0 Å². The first-order chi connectivity index (χ1) is 41.6. The average Bonchev–Trinajstić information content (AvgIpc) is 3.67. The standard InChI is InChI=1S/C68H132O17P2/c1-58(2)44-36-28-20-13-10-9-11-15-25-34-42-50-67(72)84-63(54-78-65(70)48-40-32-24-16-12-14-21-29-37-45-59(3)4)56-82-86(74,75)80-52-62(69)53-81-87(76,77)83-57-64(55-79-66(71)49-41-33-27-19-23-31-39-47-61(7)8)85-68(73)51-43-35-26-18-17-22-30-38-46-60(5)6/h58-64,69H,9-57H2,1-8H3,(H,74,75)(H,76,77)/t62?,63-,64-/m1/s1. The lowest BCUT2D eigenvalue weighted by Crippen LogP contribution is -2.30. The highest BCUT2D eigenvalue weighted by Crippen LogP contribution is 2.45. The van der Waals surface area contributed by atoms with Crippen molar-refractivity contribution in [3.63, 3.8) is 0 Å². The second-order valence-corrected chi connectivity index (χ2v) is 29.4. The molecule has 0 bridgehead atoms. The predicted octanol–water partition coefficient (Wildman–Crippen LogP) is 18.9. The maximum absolute atomic E-state index is 13.0. The fraction of sp³-hybridized carbons (Fsp3) is 0.941. The summed E-state index contributed by atoms with van der Waals surface area (Å²) in [4.78, 5) is 72.4. The van der Waals surface area contributed by atoms with Gasteiger partial charge in [-0.1, -0.05) is 280 Å². The zero-order chi connectivity index (χ0) is 64.7. The molecule has 87 heavy (non-hydrogen) atoms. The number of esters is 4. The third kappa shape index (κ3) is 62.6. The largest absolute Gasteiger partial charge is 0.472 e. The minimum atomic E-state index is -4.95. The van der Waals surface area contributed by atoms with Crippen LogP contribution >= 0.6 is 15.6 Å². The number of aliphatic hydroxyl groups excluding tert-OH is 1. The van der Waals surface area contributed by atoms with Crippen molar-refractivity contribution in [2.45, 2.75) is 350 Å². The number of hydrogen-bond donors (Lipinski definition) is 3. The summed E-state index contributed by atoms with van der Waals surface area (Å²) in [5, 5.41) is 10.6. The predicted molar refractivity (Wildman–Crippen MR) is 349 cm³/mol. The number of hydrogen-bond acceptors (Lipinski definition) is 15. The fourth-order valence-corrected chi connectivity index (χ4v) is 11.7. The third-order valence-electron chi connectivity index (χ3n) is 15.6. The van der Waals surface area contributed by atoms with E-state index in [9.17, 15) is 43.2 Å². The zero-order valence-electron chi connectivity index (χ0n) is 56.6. The lowest BCUT2D eigenvalue weighted by Gasteiger charge is -2.21. The number of rotatable bonds is 65. The van der Waals surface area contributed by atoms with Gasteiger partial charge in [-0.3, -0.25) is 37.3 Å². The van der Waals surface area contributed by atoms with Gasteiger partial charge in [0.2, 0.25) is 0 Å². The van der Waals surface area contributed by atoms with Gasteiger partial charge in [0.05, 0.1) is 26.4 Å². The number of carbonyl (C=O) groups excluding carboxylic acids is 4. The highest BCUT2D eigenvalue weighted by atomic mass is 31.2. The van der Waals surface area contributed by atoms with E-state index >= 15 is 0 Å². The van der Waals surface area contributed by atoms with E-state index in [0.29, 0.717) is 31.6 Å². The van der Waals surface area contributed by atoms with Crippen LogP contribution in [0.15, 0.2) is 0 Å². The number of phosphoric ester groups is 2. The van der Waals surface area contributed by atoms with Crippen LogP contribution in [0.25, 0.3) is 0 Å². The van der Waals surface area contributed by atoms with Crippen molar-refractivity contribution in [3.05, 3.63) is 0 Å². The Hall–Kier alpha value is -1.94. The van der Waals surface area contributed by atoms with Gasteiger partial charge in [0.25, 0.3) is 0 Å². The van der Waals surface area contributed by atoms with Crippen LogP contribution in [0.3, 0.4) is 0 Å². The van der Waals surface area contributed by atoms with Gasteiger partial charge >= 0.3 is 39.5 Å². The molecule has 0 aromatic heterocycles. The lowest BCUT2D eigenvalue weighted by atomic mass is 10.0. The Morgan fingerprint density at radius 1 is 0.287 bits per heavy atom. The van der Waals surface area contributed by atoms with Crippen LogP contribution in [0.5, 0.6) is 0 Å². The van der Waals surface area contributed by atoms with Crippen LogP contribution in [0.2, 0.25) is 0 Å². The molecule has 0 spiro atoms. The van der Waals surface area contributed by atoms with Crippen molar-refractivity contribution < 1.29 is 80.2 Å². The molecule has 0 saturated carbocycles. The second kappa shape index (κ2) is 57.9. The SMILES string of the molecule is CC(C)CCCCCCCCCCCCCC(=O)O[C@H](COC(=O)CCCCCCCCCCCC(C)C)COP(=O)(O)OCC(O)COP(=O)(O)OC[C@@H](COC(=O)CCCCCCCCCC(C)C)OC(=O)CCCCCCCCCCC(C)C. The topological polar surface area (TPSA) is 237 Å². The summed E-state index contributed by atoms with van der Waals surface area (Å²) in [6, 6.07) is 0. The Morgan fingerprint density at radius 3 is 0.713 bits per heavy atom. The Kier molecular flexibility index (Phi) is 56.6. The van der Waals surface area contributed by atoms with E-state index < -0.39 is 97.5 Å². The number of ether oxygens (including phenoxy) is 4. The molecule has 516 valence electrons. The maximum atomic E-state index is 13.0. The van der Waals surface area contributed by atoms with Crippen LogP contribution < -0.4 is 0 Å². The van der Waals surface area contributed by atoms with E-state index in [2.05, 4.69) is 55.4 Å². The Labute approximate surface area is 530 Å². The molecule has 0 aromatic carbocycles. The molecule has 0 heterocycles. The molecule has 0 rings (SSSR count). The highest BCUT2D eigenvalue weighted by molar-refractivity contribution is 7.47. The van der Waals surface area contributed by atoms with E-state index in [1.165, 1.54) is 128 Å². The van der Waals surface area contributed by atoms with Gasteiger partial charge in [0, 0.05) is 25.7 Å². The van der Waals surface area contributed by atoms with E-state index in [4.69, 9.17) is 37.0 Å². The average molecular weight is 1280 g/mol. The first-order valence-corrected chi connectivity index (χ1v) is 38.2. The third-order valence-corrected chi connectivity index (χ3v) is 17.5. The highest BCUT2D eigenvalue weighted by Gasteiger charge is 2.30. The van der Waals surface area contributed by atoms with Crippen molar-refractivity contribution in [1.82, 2.24) is 0 Å². The molecule has 5 atom stereocenters. The second-order valence-electron chi connectivity index (χ2n) is 26.5. The maximum Gasteiger partial charge on any atom is 0.472 e. The number of unbranched alkanes of at least 4 members (excludes halogenated alkanes) is 31. The van der Waals surface area contributed by atoms with Crippen molar-refractivity contribution in [3.8, 4) is 0 Å². The summed E-state index contributed by atoms with van der Waals surface area (Å²) in [6.07, 6.45) is 39.0. The summed E-state index contributed by atoms with van der Waals surface area (Å²) >= 11 is 0. The molecule has 0 saturated heterocycles. The van der Waals surface area contributed by atoms with Gasteiger partial charge < -0.3 is 33.8 Å². The van der Waals surface area contributed by atoms with Gasteiger partial charge in [-0.15, -0.1) is 0 Å². The number of carbonyl (C=O) groups is 4. The summed E-state index contributed by atoms with van der Waals surface area (Å²) < 4.78 is 68.2. The zero-order valence-corrected chi connectivity index (χ0v) is 58.4. The molecule has 0 aliphatic rings. The molecule has 17 nitrogen and oxygen atoms in total. The number of phosphoric acid groups is 2. The van der Waals surface area contributed by atoms with Crippen LogP contribution in [0.1, 0.15) is 331 Å². The lowest BCUT2D eigenvalue weighted by molar-refractivity contribution is -0.161. The Bertz CT molecular complexity index is 1730. The minimum absolute atomic E-state index is 0.103. The van der Waals surface area contributed by atoms with Gasteiger partial charge in [-0.25, -0.2) is 9.13 Å². The molecule has 0 radical (unpaired) electrons. The smallest absolute Gasteiger partial charge is 0.462 e. The molecule has 0 amide bonds. The Balaban J connectivity index is 5.26. The summed E-state index contributed by atoms with van der Waals surface area (Å²) in [5.41, 5.74) is 0.